The first-order chi connectivity index (χ1) is 13.3. The normalized spacial score (nSPS) is 10.6. The van der Waals surface area contributed by atoms with E-state index in [9.17, 15) is 9.59 Å². The van der Waals surface area contributed by atoms with Gasteiger partial charge in [0.05, 0.1) is 25.5 Å². The summed E-state index contributed by atoms with van der Waals surface area (Å²) in [5, 5.41) is 7.12. The summed E-state index contributed by atoms with van der Waals surface area (Å²) in [5.74, 6) is 1.14. The van der Waals surface area contributed by atoms with Crippen molar-refractivity contribution in [3.63, 3.8) is 0 Å². The maximum absolute atomic E-state index is 12.8. The Kier molecular flexibility index (Phi) is 5.16. The first kappa shape index (κ1) is 19.2. The van der Waals surface area contributed by atoms with Gasteiger partial charge in [-0.3, -0.25) is 14.6 Å². The van der Waals surface area contributed by atoms with E-state index in [4.69, 9.17) is 9.47 Å². The smallest absolute Gasteiger partial charge is 0.260 e. The van der Waals surface area contributed by atoms with E-state index >= 15 is 0 Å². The van der Waals surface area contributed by atoms with Gasteiger partial charge < -0.3 is 14.8 Å². The zero-order chi connectivity index (χ0) is 20.4. The van der Waals surface area contributed by atoms with Gasteiger partial charge in [-0.15, -0.1) is 0 Å². The number of rotatable bonds is 5. The molecule has 0 spiro atoms. The molecule has 2 aromatic heterocycles. The minimum absolute atomic E-state index is 0.221. The maximum Gasteiger partial charge on any atom is 0.260 e. The molecule has 1 amide bonds. The van der Waals surface area contributed by atoms with Crippen LogP contribution in [0.4, 0.5) is 5.82 Å². The number of amides is 1. The first-order valence-corrected chi connectivity index (χ1v) is 8.52. The van der Waals surface area contributed by atoms with Gasteiger partial charge in [-0.1, -0.05) is 0 Å². The largest absolute Gasteiger partial charge is 0.497 e. The Morgan fingerprint density at radius 2 is 1.89 bits per heavy atom. The van der Waals surface area contributed by atoms with E-state index in [1.54, 1.807) is 45.0 Å². The molecule has 0 aliphatic heterocycles. The number of aromatic nitrogens is 4. The lowest BCUT2D eigenvalue weighted by Crippen LogP contribution is -2.21. The summed E-state index contributed by atoms with van der Waals surface area (Å²) in [5.41, 5.74) is 1.83. The number of nitrogens with one attached hydrogen (secondary N) is 2. The third kappa shape index (κ3) is 3.59. The van der Waals surface area contributed by atoms with Crippen LogP contribution < -0.4 is 20.3 Å². The number of ether oxygens (including phenoxy) is 2. The molecule has 0 radical (unpaired) electrons. The molecule has 0 saturated carbocycles. The summed E-state index contributed by atoms with van der Waals surface area (Å²) in [6, 6.07) is 6.59. The molecule has 0 atom stereocenters. The average Bonchev–Trinajstić information content (AvgIpc) is 3.05. The molecule has 0 aliphatic carbocycles. The minimum atomic E-state index is -0.396. The number of aryl methyl sites for hydroxylation is 2. The fourth-order valence-electron chi connectivity index (χ4n) is 2.65. The van der Waals surface area contributed by atoms with Gasteiger partial charge in [-0.05, 0) is 32.9 Å². The van der Waals surface area contributed by atoms with E-state index in [1.807, 2.05) is 0 Å². The quantitative estimate of drug-likeness (QED) is 0.698. The highest BCUT2D eigenvalue weighted by Gasteiger charge is 2.18. The zero-order valence-electron chi connectivity index (χ0n) is 16.3. The number of methoxy groups -OCH3 is 2. The van der Waals surface area contributed by atoms with Crippen LogP contribution in [0.15, 0.2) is 29.1 Å². The second kappa shape index (κ2) is 7.55. The van der Waals surface area contributed by atoms with E-state index in [0.29, 0.717) is 39.8 Å². The Hall–Kier alpha value is -3.62. The minimum Gasteiger partial charge on any atom is -0.497 e. The fraction of sp³-hybridized carbons (Fsp3) is 0.263. The van der Waals surface area contributed by atoms with Gasteiger partial charge in [0, 0.05) is 23.4 Å². The number of nitrogens with zero attached hydrogens (tertiary/aromatic N) is 3. The predicted octanol–water partition coefficient (Wildman–Crippen LogP) is 2.15. The lowest BCUT2D eigenvalue weighted by atomic mass is 10.1. The molecule has 0 saturated heterocycles. The maximum atomic E-state index is 12.8. The molecule has 0 bridgehead atoms. The van der Waals surface area contributed by atoms with Crippen LogP contribution in [0.25, 0.3) is 5.95 Å². The van der Waals surface area contributed by atoms with Crippen molar-refractivity contribution in [1.82, 2.24) is 19.7 Å². The summed E-state index contributed by atoms with van der Waals surface area (Å²) < 4.78 is 11.8. The van der Waals surface area contributed by atoms with Crippen LogP contribution in [0.3, 0.4) is 0 Å². The first-order valence-electron chi connectivity index (χ1n) is 8.52. The standard InChI is InChI=1S/C19H21N5O4/c1-10-8-16(24(23-10)19-20-12(3)11(2)17(25)22-19)21-18(26)14-7-6-13(27-4)9-15(14)28-5/h6-9H,1-5H3,(H,21,26)(H,20,22,25). The number of carbonyl (C=O) groups is 1. The zero-order valence-corrected chi connectivity index (χ0v) is 16.3. The third-order valence-electron chi connectivity index (χ3n) is 4.31. The molecule has 1 aromatic carbocycles. The molecule has 3 aromatic rings. The van der Waals surface area contributed by atoms with Gasteiger partial charge in [0.15, 0.2) is 0 Å². The van der Waals surface area contributed by atoms with Gasteiger partial charge >= 0.3 is 0 Å². The lowest BCUT2D eigenvalue weighted by molar-refractivity contribution is 0.102. The Labute approximate surface area is 161 Å². The molecular formula is C19H21N5O4. The van der Waals surface area contributed by atoms with Crippen molar-refractivity contribution in [2.24, 2.45) is 0 Å². The number of anilines is 1. The summed E-state index contributed by atoms with van der Waals surface area (Å²) in [4.78, 5) is 31.9. The number of carbonyl (C=O) groups excluding carboxylic acids is 1. The van der Waals surface area contributed by atoms with Crippen molar-refractivity contribution < 1.29 is 14.3 Å². The molecule has 0 unspecified atom stereocenters. The molecule has 9 heteroatoms. The molecule has 2 N–H and O–H groups in total. The van der Waals surface area contributed by atoms with Crippen molar-refractivity contribution in [2.75, 3.05) is 19.5 Å². The van der Waals surface area contributed by atoms with E-state index in [2.05, 4.69) is 20.4 Å². The van der Waals surface area contributed by atoms with Gasteiger partial charge in [-0.2, -0.15) is 9.78 Å². The van der Waals surface area contributed by atoms with Crippen molar-refractivity contribution in [1.29, 1.82) is 0 Å². The molecule has 9 nitrogen and oxygen atoms in total. The van der Waals surface area contributed by atoms with Crippen LogP contribution >= 0.6 is 0 Å². The van der Waals surface area contributed by atoms with Crippen molar-refractivity contribution in [3.05, 3.63) is 57.1 Å². The molecular weight excluding hydrogens is 362 g/mol. The number of benzene rings is 1. The van der Waals surface area contributed by atoms with Crippen molar-refractivity contribution in [2.45, 2.75) is 20.8 Å². The van der Waals surface area contributed by atoms with Gasteiger partial charge in [0.25, 0.3) is 11.5 Å². The Bertz CT molecular complexity index is 1100. The highest BCUT2D eigenvalue weighted by atomic mass is 16.5. The molecule has 0 aliphatic rings. The second-order valence-corrected chi connectivity index (χ2v) is 6.20. The highest BCUT2D eigenvalue weighted by molar-refractivity contribution is 6.06. The van der Waals surface area contributed by atoms with Crippen LogP contribution in [0.2, 0.25) is 0 Å². The van der Waals surface area contributed by atoms with E-state index in [0.717, 1.165) is 0 Å². The van der Waals surface area contributed by atoms with E-state index < -0.39 is 5.91 Å². The van der Waals surface area contributed by atoms with Crippen LogP contribution in [0.1, 0.15) is 27.3 Å². The van der Waals surface area contributed by atoms with E-state index in [1.165, 1.54) is 18.9 Å². The van der Waals surface area contributed by atoms with Gasteiger partial charge in [-0.25, -0.2) is 4.98 Å². The lowest BCUT2D eigenvalue weighted by Gasteiger charge is -2.12. The summed E-state index contributed by atoms with van der Waals surface area (Å²) in [6.07, 6.45) is 0. The Morgan fingerprint density at radius 3 is 2.54 bits per heavy atom. The summed E-state index contributed by atoms with van der Waals surface area (Å²) in [6.45, 7) is 5.21. The number of aromatic amines is 1. The highest BCUT2D eigenvalue weighted by Crippen LogP contribution is 2.26. The Balaban J connectivity index is 1.99. The second-order valence-electron chi connectivity index (χ2n) is 6.20. The van der Waals surface area contributed by atoms with Crippen LogP contribution in [0.5, 0.6) is 11.5 Å². The van der Waals surface area contributed by atoms with Crippen LogP contribution in [-0.4, -0.2) is 39.9 Å². The van der Waals surface area contributed by atoms with Gasteiger partial charge in [0.2, 0.25) is 5.95 Å². The monoisotopic (exact) mass is 383 g/mol. The van der Waals surface area contributed by atoms with E-state index in [-0.39, 0.29) is 11.5 Å². The molecule has 3 rings (SSSR count). The number of hydrogen-bond acceptors (Lipinski definition) is 6. The Morgan fingerprint density at radius 1 is 1.14 bits per heavy atom. The predicted molar refractivity (Wildman–Crippen MR) is 104 cm³/mol. The summed E-state index contributed by atoms with van der Waals surface area (Å²) in [7, 11) is 3.01. The molecule has 0 fully saturated rings. The third-order valence-corrected chi connectivity index (χ3v) is 4.31. The van der Waals surface area contributed by atoms with Crippen molar-refractivity contribution in [3.8, 4) is 17.4 Å². The van der Waals surface area contributed by atoms with Crippen LogP contribution in [0, 0.1) is 20.8 Å². The fourth-order valence-corrected chi connectivity index (χ4v) is 2.65. The van der Waals surface area contributed by atoms with Gasteiger partial charge in [0.1, 0.15) is 17.3 Å². The SMILES string of the molecule is COc1ccc(C(=O)Nc2cc(C)nn2-c2nc(C)c(C)c(=O)[nH]2)c(OC)c1. The van der Waals surface area contributed by atoms with Crippen LogP contribution in [-0.2, 0) is 0 Å². The molecule has 2 heterocycles. The molecule has 146 valence electrons. The molecule has 28 heavy (non-hydrogen) atoms. The summed E-state index contributed by atoms with van der Waals surface area (Å²) >= 11 is 0. The number of hydrogen-bond donors (Lipinski definition) is 2. The topological polar surface area (TPSA) is 111 Å². The van der Waals surface area contributed by atoms with Crippen molar-refractivity contribution >= 4 is 11.7 Å². The number of H-pyrrole nitrogens is 1. The average molecular weight is 383 g/mol.